The van der Waals surface area contributed by atoms with Crippen LogP contribution in [-0.2, 0) is 0 Å². The summed E-state index contributed by atoms with van der Waals surface area (Å²) in [5, 5.41) is 22.3. The fraction of sp³-hybridized carbons (Fsp3) is 0.923. The lowest BCUT2D eigenvalue weighted by atomic mass is 9.89. The van der Waals surface area contributed by atoms with Gasteiger partial charge in [0, 0.05) is 12.0 Å². The van der Waals surface area contributed by atoms with Gasteiger partial charge in [-0.3, -0.25) is 4.90 Å². The van der Waals surface area contributed by atoms with Gasteiger partial charge in [-0.1, -0.05) is 11.6 Å². The molecule has 0 aromatic heterocycles. The summed E-state index contributed by atoms with van der Waals surface area (Å²) in [4.78, 5) is 2.42. The quantitative estimate of drug-likeness (QED) is 0.565. The number of aliphatic hydroxyl groups excluding tert-OH is 1. The van der Waals surface area contributed by atoms with E-state index < -0.39 is 0 Å². The highest BCUT2D eigenvalue weighted by atomic mass is 16.4. The minimum atomic E-state index is 0.243. The van der Waals surface area contributed by atoms with Crippen molar-refractivity contribution in [2.75, 3.05) is 13.2 Å². The third-order valence-corrected chi connectivity index (χ3v) is 5.00. The van der Waals surface area contributed by atoms with Crippen LogP contribution in [0, 0.1) is 11.8 Å². The van der Waals surface area contributed by atoms with Crippen LogP contribution in [0.1, 0.15) is 38.5 Å². The molecule has 1 saturated heterocycles. The van der Waals surface area contributed by atoms with Crippen molar-refractivity contribution in [3.8, 4) is 0 Å². The first-order valence-electron chi connectivity index (χ1n) is 6.93. The number of rotatable bonds is 2. The lowest BCUT2D eigenvalue weighted by Gasteiger charge is -2.42. The van der Waals surface area contributed by atoms with Gasteiger partial charge < -0.3 is 10.3 Å². The number of fused-ring (bicyclic) bond motifs is 2. The van der Waals surface area contributed by atoms with Crippen LogP contribution in [0.3, 0.4) is 0 Å². The van der Waals surface area contributed by atoms with E-state index in [2.05, 4.69) is 10.1 Å². The first kappa shape index (κ1) is 11.5. The molecule has 4 nitrogen and oxygen atoms in total. The highest BCUT2D eigenvalue weighted by Crippen LogP contribution is 2.46. The third kappa shape index (κ3) is 1.78. The van der Waals surface area contributed by atoms with Crippen LogP contribution < -0.4 is 0 Å². The summed E-state index contributed by atoms with van der Waals surface area (Å²) in [5.74, 6) is 1.18. The normalized spacial score (nSPS) is 44.6. The Morgan fingerprint density at radius 2 is 2.12 bits per heavy atom. The minimum Gasteiger partial charge on any atom is -0.411 e. The smallest absolute Gasteiger partial charge is 0.0775 e. The van der Waals surface area contributed by atoms with Crippen molar-refractivity contribution in [1.29, 1.82) is 0 Å². The average Bonchev–Trinajstić information content (AvgIpc) is 2.98. The van der Waals surface area contributed by atoms with Crippen molar-refractivity contribution in [1.82, 2.24) is 4.90 Å². The molecule has 0 aromatic rings. The zero-order chi connectivity index (χ0) is 11.8. The highest BCUT2D eigenvalue weighted by molar-refractivity contribution is 5.94. The summed E-state index contributed by atoms with van der Waals surface area (Å²) in [5.41, 5.74) is 1.00. The molecule has 2 bridgehead atoms. The van der Waals surface area contributed by atoms with E-state index in [1.807, 2.05) is 0 Å². The predicted molar refractivity (Wildman–Crippen MR) is 65.3 cm³/mol. The maximum Gasteiger partial charge on any atom is 0.0775 e. The Kier molecular flexibility index (Phi) is 3.09. The second-order valence-electron chi connectivity index (χ2n) is 5.81. The molecule has 0 unspecified atom stereocenters. The van der Waals surface area contributed by atoms with Gasteiger partial charge in [-0.2, -0.15) is 0 Å². The SMILES string of the molecule is OC[C@@H]1CCCCN1[C@H]1/C(=N\O)[C@H]2CC[C@H]1C2. The van der Waals surface area contributed by atoms with Crippen LogP contribution in [0.4, 0.5) is 0 Å². The van der Waals surface area contributed by atoms with E-state index >= 15 is 0 Å². The molecule has 0 spiro atoms. The van der Waals surface area contributed by atoms with Gasteiger partial charge in [-0.25, -0.2) is 0 Å². The van der Waals surface area contributed by atoms with E-state index in [-0.39, 0.29) is 12.6 Å². The summed E-state index contributed by atoms with van der Waals surface area (Å²) in [6.45, 7) is 1.30. The van der Waals surface area contributed by atoms with Crippen molar-refractivity contribution in [3.05, 3.63) is 0 Å². The average molecular weight is 238 g/mol. The fourth-order valence-electron chi connectivity index (χ4n) is 4.22. The van der Waals surface area contributed by atoms with Crippen LogP contribution in [0.15, 0.2) is 5.16 Å². The Morgan fingerprint density at radius 3 is 2.88 bits per heavy atom. The maximum atomic E-state index is 9.51. The molecule has 2 N–H and O–H groups in total. The molecular weight excluding hydrogens is 216 g/mol. The lowest BCUT2D eigenvalue weighted by molar-refractivity contribution is 0.0573. The Labute approximate surface area is 102 Å². The summed E-state index contributed by atoms with van der Waals surface area (Å²) in [6.07, 6.45) is 7.17. The number of hydrogen-bond acceptors (Lipinski definition) is 4. The fourth-order valence-corrected chi connectivity index (χ4v) is 4.22. The van der Waals surface area contributed by atoms with Crippen molar-refractivity contribution >= 4 is 5.71 Å². The first-order chi connectivity index (χ1) is 8.35. The van der Waals surface area contributed by atoms with Crippen molar-refractivity contribution in [3.63, 3.8) is 0 Å². The van der Waals surface area contributed by atoms with Crippen LogP contribution in [0.5, 0.6) is 0 Å². The van der Waals surface area contributed by atoms with Crippen LogP contribution in [-0.4, -0.2) is 46.2 Å². The molecule has 17 heavy (non-hydrogen) atoms. The molecule has 3 aliphatic rings. The van der Waals surface area contributed by atoms with E-state index in [4.69, 9.17) is 0 Å². The molecule has 2 aliphatic carbocycles. The standard InChI is InChI=1S/C13H22N2O2/c16-8-11-3-1-2-6-15(11)13-10-5-4-9(7-10)12(13)14-17/h9-11,13,16-17H,1-8H2/b14-12-/t9-,10-,11-,13+/m0/s1. The number of piperidine rings is 1. The zero-order valence-corrected chi connectivity index (χ0v) is 10.3. The van der Waals surface area contributed by atoms with Crippen LogP contribution >= 0.6 is 0 Å². The van der Waals surface area contributed by atoms with Gasteiger partial charge in [0.1, 0.15) is 0 Å². The summed E-state index contributed by atoms with van der Waals surface area (Å²) in [7, 11) is 0. The Bertz CT molecular complexity index is 319. The van der Waals surface area contributed by atoms with Gasteiger partial charge in [-0.05, 0) is 44.6 Å². The van der Waals surface area contributed by atoms with Crippen molar-refractivity contribution in [2.24, 2.45) is 17.0 Å². The summed E-state index contributed by atoms with van der Waals surface area (Å²) < 4.78 is 0. The maximum absolute atomic E-state index is 9.51. The summed E-state index contributed by atoms with van der Waals surface area (Å²) >= 11 is 0. The molecule has 3 rings (SSSR count). The molecule has 1 aliphatic heterocycles. The van der Waals surface area contributed by atoms with Gasteiger partial charge in [-0.15, -0.1) is 0 Å². The molecule has 2 saturated carbocycles. The van der Waals surface area contributed by atoms with E-state index in [1.165, 1.54) is 32.1 Å². The molecule has 4 atom stereocenters. The number of nitrogens with zero attached hydrogens (tertiary/aromatic N) is 2. The number of aliphatic hydroxyl groups is 1. The van der Waals surface area contributed by atoms with Crippen molar-refractivity contribution < 1.29 is 10.3 Å². The van der Waals surface area contributed by atoms with Crippen LogP contribution in [0.25, 0.3) is 0 Å². The second kappa shape index (κ2) is 4.58. The van der Waals surface area contributed by atoms with Gasteiger partial charge in [0.2, 0.25) is 0 Å². The van der Waals surface area contributed by atoms with Crippen LogP contribution in [0.2, 0.25) is 0 Å². The summed E-state index contributed by atoms with van der Waals surface area (Å²) in [6, 6.07) is 0.598. The predicted octanol–water partition coefficient (Wildman–Crippen LogP) is 1.46. The van der Waals surface area contributed by atoms with Gasteiger partial charge in [0.15, 0.2) is 0 Å². The third-order valence-electron chi connectivity index (χ3n) is 5.00. The topological polar surface area (TPSA) is 56.1 Å². The molecule has 3 fully saturated rings. The van der Waals surface area contributed by atoms with Gasteiger partial charge in [0.05, 0.1) is 18.4 Å². The highest BCUT2D eigenvalue weighted by Gasteiger charge is 2.49. The Morgan fingerprint density at radius 1 is 1.24 bits per heavy atom. The Hall–Kier alpha value is -0.610. The molecule has 0 amide bonds. The molecule has 0 radical (unpaired) electrons. The van der Waals surface area contributed by atoms with E-state index in [0.717, 1.165) is 18.7 Å². The van der Waals surface area contributed by atoms with E-state index in [0.29, 0.717) is 17.9 Å². The molecule has 4 heteroatoms. The van der Waals surface area contributed by atoms with Crippen molar-refractivity contribution in [2.45, 2.75) is 50.6 Å². The number of oxime groups is 1. The van der Waals surface area contributed by atoms with E-state index in [9.17, 15) is 10.3 Å². The Balaban J connectivity index is 1.82. The zero-order valence-electron chi connectivity index (χ0n) is 10.3. The molecule has 0 aromatic carbocycles. The van der Waals surface area contributed by atoms with Gasteiger partial charge in [0.25, 0.3) is 0 Å². The number of likely N-dealkylation sites (tertiary alicyclic amines) is 1. The molecule has 1 heterocycles. The number of hydrogen-bond donors (Lipinski definition) is 2. The first-order valence-corrected chi connectivity index (χ1v) is 6.93. The largest absolute Gasteiger partial charge is 0.411 e. The minimum absolute atomic E-state index is 0.243. The lowest BCUT2D eigenvalue weighted by Crippen LogP contribution is -2.53. The molecular formula is C13H22N2O2. The van der Waals surface area contributed by atoms with E-state index in [1.54, 1.807) is 0 Å². The second-order valence-corrected chi connectivity index (χ2v) is 5.81. The van der Waals surface area contributed by atoms with Gasteiger partial charge >= 0.3 is 0 Å². The molecule has 96 valence electrons. The monoisotopic (exact) mass is 238 g/mol.